The summed E-state index contributed by atoms with van der Waals surface area (Å²) in [6.07, 6.45) is 3.08. The molecule has 7 nitrogen and oxygen atoms in total. The molecule has 2 aliphatic carbocycles. The van der Waals surface area contributed by atoms with E-state index in [0.717, 1.165) is 24.0 Å². The lowest BCUT2D eigenvalue weighted by Gasteiger charge is -2.31. The monoisotopic (exact) mass is 478 g/mol. The third kappa shape index (κ3) is 5.50. The van der Waals surface area contributed by atoms with E-state index in [9.17, 15) is 19.5 Å². The molecule has 2 aromatic carbocycles. The molecule has 1 saturated carbocycles. The Bertz CT molecular complexity index is 1050. The average molecular weight is 479 g/mol. The molecule has 7 heteroatoms. The maximum absolute atomic E-state index is 12.8. The van der Waals surface area contributed by atoms with E-state index in [0.29, 0.717) is 19.3 Å². The third-order valence-electron chi connectivity index (χ3n) is 7.38. The number of fused-ring (bicyclic) bond motifs is 3. The van der Waals surface area contributed by atoms with Gasteiger partial charge in [-0.1, -0.05) is 61.4 Å². The number of carboxylic acids is 1. The summed E-state index contributed by atoms with van der Waals surface area (Å²) in [6, 6.07) is 16.1. The number of hydrogen-bond donors (Lipinski definition) is 3. The van der Waals surface area contributed by atoms with Gasteiger partial charge in [-0.05, 0) is 55.4 Å². The van der Waals surface area contributed by atoms with Crippen molar-refractivity contribution in [3.63, 3.8) is 0 Å². The van der Waals surface area contributed by atoms with E-state index in [1.807, 2.05) is 24.3 Å². The molecule has 2 aromatic rings. The highest BCUT2D eigenvalue weighted by Gasteiger charge is 2.34. The smallest absolute Gasteiger partial charge is 0.407 e. The molecule has 1 fully saturated rings. The van der Waals surface area contributed by atoms with Gasteiger partial charge >= 0.3 is 12.1 Å². The SMILES string of the molecule is CC(C)(CCNC(=O)[C@H]1CCCC[C@H]1NC(=O)OCC1c2ccccc2-c2ccccc21)C(=O)O. The van der Waals surface area contributed by atoms with Gasteiger partial charge in [0.1, 0.15) is 6.61 Å². The van der Waals surface area contributed by atoms with E-state index >= 15 is 0 Å². The van der Waals surface area contributed by atoms with Crippen LogP contribution in [0.1, 0.15) is 63.0 Å². The summed E-state index contributed by atoms with van der Waals surface area (Å²) in [5, 5.41) is 15.1. The van der Waals surface area contributed by atoms with Crippen LogP contribution in [0, 0.1) is 11.3 Å². The number of carboxylic acid groups (broad SMARTS) is 1. The Labute approximate surface area is 206 Å². The van der Waals surface area contributed by atoms with Crippen LogP contribution in [-0.2, 0) is 14.3 Å². The van der Waals surface area contributed by atoms with Crippen LogP contribution in [0.4, 0.5) is 4.79 Å². The molecule has 0 saturated heterocycles. The van der Waals surface area contributed by atoms with Gasteiger partial charge in [0.05, 0.1) is 11.3 Å². The molecule has 2 aliphatic rings. The van der Waals surface area contributed by atoms with Crippen LogP contribution in [0.25, 0.3) is 11.1 Å². The Hall–Kier alpha value is -3.35. The van der Waals surface area contributed by atoms with Crippen molar-refractivity contribution >= 4 is 18.0 Å². The zero-order valence-corrected chi connectivity index (χ0v) is 20.4. The normalized spacial score (nSPS) is 19.4. The van der Waals surface area contributed by atoms with Gasteiger partial charge in [0, 0.05) is 18.5 Å². The van der Waals surface area contributed by atoms with Crippen molar-refractivity contribution in [2.45, 2.75) is 57.9 Å². The van der Waals surface area contributed by atoms with Crippen molar-refractivity contribution in [2.24, 2.45) is 11.3 Å². The van der Waals surface area contributed by atoms with E-state index < -0.39 is 17.5 Å². The van der Waals surface area contributed by atoms with Gasteiger partial charge in [0.15, 0.2) is 0 Å². The highest BCUT2D eigenvalue weighted by molar-refractivity contribution is 5.81. The summed E-state index contributed by atoms with van der Waals surface area (Å²) < 4.78 is 5.68. The zero-order chi connectivity index (χ0) is 25.0. The maximum Gasteiger partial charge on any atom is 0.407 e. The highest BCUT2D eigenvalue weighted by Crippen LogP contribution is 2.44. The largest absolute Gasteiger partial charge is 0.481 e. The van der Waals surface area contributed by atoms with E-state index in [1.54, 1.807) is 13.8 Å². The molecular formula is C28H34N2O5. The number of aliphatic carboxylic acids is 1. The fourth-order valence-corrected chi connectivity index (χ4v) is 5.15. The number of amides is 2. The van der Waals surface area contributed by atoms with Crippen LogP contribution >= 0.6 is 0 Å². The fourth-order valence-electron chi connectivity index (χ4n) is 5.15. The first-order chi connectivity index (χ1) is 16.8. The summed E-state index contributed by atoms with van der Waals surface area (Å²) in [5.74, 6) is -1.40. The van der Waals surface area contributed by atoms with Gasteiger partial charge in [-0.2, -0.15) is 0 Å². The predicted octanol–water partition coefficient (Wildman–Crippen LogP) is 4.70. The van der Waals surface area contributed by atoms with Crippen LogP contribution in [-0.4, -0.2) is 42.3 Å². The van der Waals surface area contributed by atoms with Gasteiger partial charge < -0.3 is 20.5 Å². The minimum atomic E-state index is -0.904. The minimum Gasteiger partial charge on any atom is -0.481 e. The molecule has 0 aromatic heterocycles. The molecule has 2 atom stereocenters. The zero-order valence-electron chi connectivity index (χ0n) is 20.4. The molecule has 3 N–H and O–H groups in total. The standard InChI is InChI=1S/C28H34N2O5/c1-28(2,26(32)33)15-16-29-25(31)22-13-7-8-14-24(22)30-27(34)35-17-23-20-11-5-3-9-18(20)19-10-4-6-12-21(19)23/h3-6,9-12,22-24H,7-8,13-17H2,1-2H3,(H,29,31)(H,30,34)(H,32,33)/t22-,24+/m0/s1. The molecule has 0 unspecified atom stereocenters. The summed E-state index contributed by atoms with van der Waals surface area (Å²) in [7, 11) is 0. The highest BCUT2D eigenvalue weighted by atomic mass is 16.5. The summed E-state index contributed by atoms with van der Waals surface area (Å²) in [4.78, 5) is 36.9. The maximum atomic E-state index is 12.8. The van der Waals surface area contributed by atoms with Gasteiger partial charge in [-0.15, -0.1) is 0 Å². The second kappa shape index (κ2) is 10.5. The summed E-state index contributed by atoms with van der Waals surface area (Å²) >= 11 is 0. The van der Waals surface area contributed by atoms with Crippen LogP contribution in [0.15, 0.2) is 48.5 Å². The Morgan fingerprint density at radius 3 is 2.20 bits per heavy atom. The molecule has 35 heavy (non-hydrogen) atoms. The molecule has 0 radical (unpaired) electrons. The molecule has 186 valence electrons. The minimum absolute atomic E-state index is 0.0174. The van der Waals surface area contributed by atoms with Crippen LogP contribution in [0.5, 0.6) is 0 Å². The Balaban J connectivity index is 1.33. The quantitative estimate of drug-likeness (QED) is 0.510. The van der Waals surface area contributed by atoms with Crippen molar-refractivity contribution in [2.75, 3.05) is 13.2 Å². The lowest BCUT2D eigenvalue weighted by Crippen LogP contribution is -2.49. The number of rotatable bonds is 8. The van der Waals surface area contributed by atoms with Crippen LogP contribution in [0.3, 0.4) is 0 Å². The van der Waals surface area contributed by atoms with E-state index in [1.165, 1.54) is 11.1 Å². The summed E-state index contributed by atoms with van der Waals surface area (Å²) in [6.45, 7) is 3.80. The molecule has 4 rings (SSSR count). The van der Waals surface area contributed by atoms with E-state index in [-0.39, 0.29) is 36.9 Å². The average Bonchev–Trinajstić information content (AvgIpc) is 3.16. The first kappa shape index (κ1) is 24.8. The molecule has 0 bridgehead atoms. The van der Waals surface area contributed by atoms with Crippen molar-refractivity contribution in [3.8, 4) is 11.1 Å². The molecule has 0 heterocycles. The number of carbonyl (C=O) groups is 3. The number of nitrogens with one attached hydrogen (secondary N) is 2. The van der Waals surface area contributed by atoms with Crippen molar-refractivity contribution in [1.29, 1.82) is 0 Å². The first-order valence-corrected chi connectivity index (χ1v) is 12.4. The van der Waals surface area contributed by atoms with Gasteiger partial charge in [-0.3, -0.25) is 9.59 Å². The third-order valence-corrected chi connectivity index (χ3v) is 7.38. The van der Waals surface area contributed by atoms with Crippen molar-refractivity contribution in [3.05, 3.63) is 59.7 Å². The van der Waals surface area contributed by atoms with E-state index in [4.69, 9.17) is 4.74 Å². The van der Waals surface area contributed by atoms with Crippen LogP contribution in [0.2, 0.25) is 0 Å². The van der Waals surface area contributed by atoms with Gasteiger partial charge in [0.2, 0.25) is 5.91 Å². The topological polar surface area (TPSA) is 105 Å². The fraction of sp³-hybridized carbons (Fsp3) is 0.464. The van der Waals surface area contributed by atoms with Gasteiger partial charge in [0.25, 0.3) is 0 Å². The Morgan fingerprint density at radius 1 is 0.971 bits per heavy atom. The lowest BCUT2D eigenvalue weighted by atomic mass is 9.83. The second-order valence-electron chi connectivity index (χ2n) is 10.2. The number of hydrogen-bond acceptors (Lipinski definition) is 4. The van der Waals surface area contributed by atoms with Crippen molar-refractivity contribution < 1.29 is 24.2 Å². The predicted molar refractivity (Wildman–Crippen MR) is 133 cm³/mol. The Morgan fingerprint density at radius 2 is 1.57 bits per heavy atom. The molecular weight excluding hydrogens is 444 g/mol. The molecule has 0 aliphatic heterocycles. The van der Waals surface area contributed by atoms with Crippen molar-refractivity contribution in [1.82, 2.24) is 10.6 Å². The summed E-state index contributed by atoms with van der Waals surface area (Å²) in [5.41, 5.74) is 3.75. The first-order valence-electron chi connectivity index (χ1n) is 12.4. The number of benzene rings is 2. The van der Waals surface area contributed by atoms with E-state index in [2.05, 4.69) is 34.9 Å². The number of ether oxygens (including phenoxy) is 1. The van der Waals surface area contributed by atoms with Crippen LogP contribution < -0.4 is 10.6 Å². The molecule has 0 spiro atoms. The Kier molecular flexibility index (Phi) is 7.43. The second-order valence-corrected chi connectivity index (χ2v) is 10.2. The number of carbonyl (C=O) groups excluding carboxylic acids is 2. The lowest BCUT2D eigenvalue weighted by molar-refractivity contribution is -0.147. The number of alkyl carbamates (subject to hydrolysis) is 1. The van der Waals surface area contributed by atoms with Gasteiger partial charge in [-0.25, -0.2) is 4.79 Å². The molecule has 2 amide bonds.